The predicted molar refractivity (Wildman–Crippen MR) is 120 cm³/mol. The molecule has 176 valence electrons. The van der Waals surface area contributed by atoms with Crippen molar-refractivity contribution < 1.29 is 33.8 Å². The number of aliphatic carboxylic acids is 1. The van der Waals surface area contributed by atoms with Crippen LogP contribution in [0.15, 0.2) is 48.5 Å². The number of hydrogen-bond donors (Lipinski definition) is 3. The third-order valence-corrected chi connectivity index (χ3v) is 5.35. The minimum Gasteiger partial charge on any atom is -0.480 e. The fourth-order valence-corrected chi connectivity index (χ4v) is 3.57. The number of ether oxygens (including phenoxy) is 1. The zero-order chi connectivity index (χ0) is 24.4. The van der Waals surface area contributed by atoms with E-state index < -0.39 is 54.5 Å². The molecule has 2 aromatic rings. The first-order valence-corrected chi connectivity index (χ1v) is 10.6. The Hall–Kier alpha value is -3.75. The molecule has 0 radical (unpaired) electrons. The molecule has 0 saturated heterocycles. The Balaban J connectivity index is 0.000000315. The van der Waals surface area contributed by atoms with Crippen LogP contribution in [0, 0.1) is 11.8 Å². The quantitative estimate of drug-likeness (QED) is 0.512. The van der Waals surface area contributed by atoms with Crippen molar-refractivity contribution in [3.63, 3.8) is 0 Å². The smallest absolute Gasteiger partial charge is 0.326 e. The van der Waals surface area contributed by atoms with E-state index in [-0.39, 0.29) is 12.3 Å². The molecule has 0 aromatic heterocycles. The number of nitrogens with two attached hydrogens (primary N) is 1. The lowest BCUT2D eigenvalue weighted by atomic mass is 10.0. The molecule has 0 spiro atoms. The molecule has 1 aliphatic carbocycles. The number of esters is 1. The lowest BCUT2D eigenvalue weighted by Crippen LogP contribution is -2.45. The molecule has 3 rings (SSSR count). The maximum absolute atomic E-state index is 12.1. The van der Waals surface area contributed by atoms with Gasteiger partial charge < -0.3 is 20.9 Å². The summed E-state index contributed by atoms with van der Waals surface area (Å²) in [7, 11) is 0. The van der Waals surface area contributed by atoms with Gasteiger partial charge in [0.1, 0.15) is 12.6 Å². The second-order valence-electron chi connectivity index (χ2n) is 7.88. The maximum Gasteiger partial charge on any atom is 0.326 e. The highest BCUT2D eigenvalue weighted by molar-refractivity contribution is 5.91. The van der Waals surface area contributed by atoms with Crippen LogP contribution in [0.3, 0.4) is 0 Å². The minimum atomic E-state index is -1.40. The molecule has 33 heavy (non-hydrogen) atoms. The molecule has 2 aromatic carbocycles. The summed E-state index contributed by atoms with van der Waals surface area (Å²) in [5.74, 6) is -4.53. The van der Waals surface area contributed by atoms with E-state index in [1.54, 1.807) is 0 Å². The van der Waals surface area contributed by atoms with Gasteiger partial charge in [-0.2, -0.15) is 0 Å². The Kier molecular flexibility index (Phi) is 9.53. The fourth-order valence-electron chi connectivity index (χ4n) is 3.57. The summed E-state index contributed by atoms with van der Waals surface area (Å²) in [4.78, 5) is 56.4. The number of Topliss-reactive ketones (excluding diaryl/α,β-unsaturated/α-hetero) is 1. The molecular formula is C24H28N2O7. The van der Waals surface area contributed by atoms with Crippen LogP contribution in [0.1, 0.15) is 32.6 Å². The number of ketones is 1. The number of nitrogens with one attached hydrogen (secondary N) is 1. The van der Waals surface area contributed by atoms with E-state index in [1.165, 1.54) is 10.8 Å². The third-order valence-electron chi connectivity index (χ3n) is 5.35. The number of benzene rings is 2. The lowest BCUT2D eigenvalue weighted by Gasteiger charge is -2.17. The molecule has 3 atom stereocenters. The average molecular weight is 456 g/mol. The summed E-state index contributed by atoms with van der Waals surface area (Å²) in [5, 5.41) is 14.0. The van der Waals surface area contributed by atoms with Crippen molar-refractivity contribution in [3.8, 4) is 0 Å². The molecule has 0 heterocycles. The van der Waals surface area contributed by atoms with E-state index in [0.717, 1.165) is 6.92 Å². The van der Waals surface area contributed by atoms with E-state index in [0.29, 0.717) is 12.8 Å². The third kappa shape index (κ3) is 8.36. The average Bonchev–Trinajstić information content (AvgIpc) is 3.28. The number of fused-ring (bicyclic) bond motifs is 1. The second kappa shape index (κ2) is 12.3. The highest BCUT2D eigenvalue weighted by Crippen LogP contribution is 2.30. The van der Waals surface area contributed by atoms with Gasteiger partial charge in [0.25, 0.3) is 0 Å². The van der Waals surface area contributed by atoms with E-state index in [1.807, 2.05) is 0 Å². The number of amides is 2. The highest BCUT2D eigenvalue weighted by atomic mass is 16.5. The Morgan fingerprint density at radius 1 is 1.00 bits per heavy atom. The van der Waals surface area contributed by atoms with Crippen molar-refractivity contribution in [2.24, 2.45) is 17.6 Å². The van der Waals surface area contributed by atoms with Gasteiger partial charge in [0, 0.05) is 25.2 Å². The summed E-state index contributed by atoms with van der Waals surface area (Å²) in [6, 6.07) is 15.3. The summed E-state index contributed by atoms with van der Waals surface area (Å²) in [6.07, 6.45) is 0.707. The van der Waals surface area contributed by atoms with Gasteiger partial charge in [-0.15, -0.1) is 0 Å². The summed E-state index contributed by atoms with van der Waals surface area (Å²) >= 11 is 0. The van der Waals surface area contributed by atoms with Gasteiger partial charge in [-0.25, -0.2) is 4.79 Å². The normalized spacial score (nSPS) is 17.8. The van der Waals surface area contributed by atoms with Gasteiger partial charge in [0.2, 0.25) is 11.8 Å². The van der Waals surface area contributed by atoms with Crippen LogP contribution in [0.25, 0.3) is 10.8 Å². The van der Waals surface area contributed by atoms with Crippen LogP contribution in [-0.2, 0) is 28.7 Å². The minimum absolute atomic E-state index is 0.273. The van der Waals surface area contributed by atoms with E-state index in [2.05, 4.69) is 58.6 Å². The van der Waals surface area contributed by atoms with Crippen molar-refractivity contribution in [3.05, 3.63) is 48.5 Å². The Morgan fingerprint density at radius 2 is 1.52 bits per heavy atom. The van der Waals surface area contributed by atoms with Crippen LogP contribution in [0.2, 0.25) is 0 Å². The largest absolute Gasteiger partial charge is 0.480 e. The summed E-state index contributed by atoms with van der Waals surface area (Å²) < 4.78 is 4.48. The number of carboxylic acid groups (broad SMARTS) is 1. The highest BCUT2D eigenvalue weighted by Gasteiger charge is 2.34. The molecule has 1 aliphatic rings. The fraction of sp³-hybridized carbons (Fsp3) is 0.375. The van der Waals surface area contributed by atoms with Crippen LogP contribution < -0.4 is 11.1 Å². The molecule has 9 nitrogen and oxygen atoms in total. The van der Waals surface area contributed by atoms with Gasteiger partial charge in [-0.05, 0) is 30.0 Å². The van der Waals surface area contributed by atoms with Crippen LogP contribution in [-0.4, -0.2) is 47.3 Å². The SMILES string of the molecule is CC(=O)OCC(=O)CC(NC(=O)C1CCC(C(N)=O)C1)C(=O)O.c1ccc2ccccc2c1. The zero-order valence-electron chi connectivity index (χ0n) is 18.4. The van der Waals surface area contributed by atoms with E-state index in [4.69, 9.17) is 10.8 Å². The first kappa shape index (κ1) is 25.5. The lowest BCUT2D eigenvalue weighted by molar-refractivity contribution is -0.147. The number of primary amides is 1. The van der Waals surface area contributed by atoms with Gasteiger partial charge in [-0.3, -0.25) is 19.2 Å². The second-order valence-corrected chi connectivity index (χ2v) is 7.88. The first-order chi connectivity index (χ1) is 15.7. The van der Waals surface area contributed by atoms with Crippen LogP contribution >= 0.6 is 0 Å². The molecule has 0 bridgehead atoms. The number of rotatable bonds is 8. The van der Waals surface area contributed by atoms with Crippen molar-refractivity contribution in [2.75, 3.05) is 6.61 Å². The molecule has 1 saturated carbocycles. The van der Waals surface area contributed by atoms with E-state index in [9.17, 15) is 24.0 Å². The van der Waals surface area contributed by atoms with Gasteiger partial charge in [0.15, 0.2) is 5.78 Å². The van der Waals surface area contributed by atoms with Crippen molar-refractivity contribution in [1.29, 1.82) is 0 Å². The van der Waals surface area contributed by atoms with Crippen molar-refractivity contribution in [1.82, 2.24) is 5.32 Å². The van der Waals surface area contributed by atoms with Crippen molar-refractivity contribution >= 4 is 40.3 Å². The standard InChI is InChI=1S/C14H20N2O7.C10H8/c1-7(17)23-6-10(18)5-11(14(21)22)16-13(20)9-3-2-8(4-9)12(15)19;1-2-6-10-8-4-3-7-9(10)5-1/h8-9,11H,2-6H2,1H3,(H2,15,19)(H,16,20)(H,21,22);1-8H. The number of hydrogen-bond acceptors (Lipinski definition) is 6. The number of carbonyl (C=O) groups is 5. The topological polar surface area (TPSA) is 153 Å². The predicted octanol–water partition coefficient (Wildman–Crippen LogP) is 1.82. The number of carbonyl (C=O) groups excluding carboxylic acids is 4. The van der Waals surface area contributed by atoms with Crippen LogP contribution in [0.5, 0.6) is 0 Å². The molecule has 1 fully saturated rings. The van der Waals surface area contributed by atoms with Crippen molar-refractivity contribution in [2.45, 2.75) is 38.6 Å². The molecule has 9 heteroatoms. The molecule has 4 N–H and O–H groups in total. The Bertz CT molecular complexity index is 955. The first-order valence-electron chi connectivity index (χ1n) is 10.6. The Labute approximate surface area is 191 Å². The van der Waals surface area contributed by atoms with Gasteiger partial charge in [0.05, 0.1) is 0 Å². The van der Waals surface area contributed by atoms with E-state index >= 15 is 0 Å². The molecule has 3 unspecified atom stereocenters. The summed E-state index contributed by atoms with van der Waals surface area (Å²) in [6.45, 7) is 0.584. The molecule has 0 aliphatic heterocycles. The van der Waals surface area contributed by atoms with Gasteiger partial charge in [-0.1, -0.05) is 48.5 Å². The molecule has 2 amide bonds. The monoisotopic (exact) mass is 456 g/mol. The number of carboxylic acids is 1. The zero-order valence-corrected chi connectivity index (χ0v) is 18.4. The Morgan fingerprint density at radius 3 is 1.94 bits per heavy atom. The summed E-state index contributed by atoms with van der Waals surface area (Å²) in [5.41, 5.74) is 5.18. The maximum atomic E-state index is 12.1. The molecular weight excluding hydrogens is 428 g/mol. The van der Waals surface area contributed by atoms with Gasteiger partial charge >= 0.3 is 11.9 Å². The van der Waals surface area contributed by atoms with Crippen LogP contribution in [0.4, 0.5) is 0 Å².